The number of piperidine rings is 1. The van der Waals surface area contributed by atoms with Gasteiger partial charge >= 0.3 is 0 Å². The summed E-state index contributed by atoms with van der Waals surface area (Å²) in [6, 6.07) is 6.51. The van der Waals surface area contributed by atoms with Gasteiger partial charge in [-0.25, -0.2) is 4.98 Å². The smallest absolute Gasteiger partial charge is 0.227 e. The van der Waals surface area contributed by atoms with Crippen LogP contribution in [0.5, 0.6) is 0 Å². The van der Waals surface area contributed by atoms with Gasteiger partial charge in [-0.1, -0.05) is 13.8 Å². The molecule has 29 heavy (non-hydrogen) atoms. The number of aromatic nitrogens is 4. The van der Waals surface area contributed by atoms with Crippen LogP contribution in [0.3, 0.4) is 0 Å². The SMILES string of the molecule is CC(C)[C@@H]1OCCC[C@H]1Nc1ccnc(N2CCC(Nc3cccnn3)CC2)n1. The van der Waals surface area contributed by atoms with Crippen molar-refractivity contribution in [1.82, 2.24) is 20.2 Å². The van der Waals surface area contributed by atoms with E-state index in [0.29, 0.717) is 18.0 Å². The molecule has 2 aromatic rings. The van der Waals surface area contributed by atoms with Gasteiger partial charge < -0.3 is 20.3 Å². The van der Waals surface area contributed by atoms with Gasteiger partial charge in [-0.3, -0.25) is 0 Å². The van der Waals surface area contributed by atoms with Crippen molar-refractivity contribution in [3.05, 3.63) is 30.6 Å². The molecule has 156 valence electrons. The molecular weight excluding hydrogens is 366 g/mol. The first-order valence-corrected chi connectivity index (χ1v) is 10.7. The summed E-state index contributed by atoms with van der Waals surface area (Å²) in [5.74, 6) is 3.00. The number of anilines is 3. The number of ether oxygens (including phenoxy) is 1. The number of rotatable bonds is 6. The van der Waals surface area contributed by atoms with Crippen molar-refractivity contribution < 1.29 is 4.74 Å². The highest BCUT2D eigenvalue weighted by Gasteiger charge is 2.29. The van der Waals surface area contributed by atoms with Gasteiger partial charge in [0, 0.05) is 38.1 Å². The van der Waals surface area contributed by atoms with Crippen LogP contribution in [0, 0.1) is 5.92 Å². The Balaban J connectivity index is 1.34. The first-order valence-electron chi connectivity index (χ1n) is 10.7. The van der Waals surface area contributed by atoms with Crippen LogP contribution in [0.15, 0.2) is 30.6 Å². The monoisotopic (exact) mass is 397 g/mol. The fraction of sp³-hybridized carbons (Fsp3) is 0.619. The fourth-order valence-corrected chi connectivity index (χ4v) is 4.20. The minimum atomic E-state index is 0.227. The highest BCUT2D eigenvalue weighted by Crippen LogP contribution is 2.25. The van der Waals surface area contributed by atoms with Crippen molar-refractivity contribution in [3.8, 4) is 0 Å². The Kier molecular flexibility index (Phi) is 6.39. The summed E-state index contributed by atoms with van der Waals surface area (Å²) in [6.07, 6.45) is 8.00. The van der Waals surface area contributed by atoms with Crippen LogP contribution < -0.4 is 15.5 Å². The molecule has 8 nitrogen and oxygen atoms in total. The molecule has 2 aromatic heterocycles. The van der Waals surface area contributed by atoms with E-state index in [9.17, 15) is 0 Å². The highest BCUT2D eigenvalue weighted by molar-refractivity contribution is 5.43. The molecule has 8 heteroatoms. The summed E-state index contributed by atoms with van der Waals surface area (Å²) >= 11 is 0. The molecule has 2 aliphatic heterocycles. The molecule has 2 N–H and O–H groups in total. The second kappa shape index (κ2) is 9.35. The van der Waals surface area contributed by atoms with Gasteiger partial charge in [0.2, 0.25) is 5.95 Å². The number of nitrogens with zero attached hydrogens (tertiary/aromatic N) is 5. The molecule has 0 unspecified atom stereocenters. The van der Waals surface area contributed by atoms with Gasteiger partial charge in [0.25, 0.3) is 0 Å². The van der Waals surface area contributed by atoms with E-state index < -0.39 is 0 Å². The third-order valence-corrected chi connectivity index (χ3v) is 5.70. The summed E-state index contributed by atoms with van der Waals surface area (Å²) in [5, 5.41) is 15.1. The maximum Gasteiger partial charge on any atom is 0.227 e. The summed E-state index contributed by atoms with van der Waals surface area (Å²) < 4.78 is 6.00. The summed E-state index contributed by atoms with van der Waals surface area (Å²) in [5.41, 5.74) is 0. The van der Waals surface area contributed by atoms with E-state index in [4.69, 9.17) is 9.72 Å². The van der Waals surface area contributed by atoms with Gasteiger partial charge in [-0.15, -0.1) is 5.10 Å². The molecule has 0 saturated carbocycles. The molecule has 0 amide bonds. The Morgan fingerprint density at radius 1 is 1.07 bits per heavy atom. The molecule has 0 bridgehead atoms. The first kappa shape index (κ1) is 19.8. The van der Waals surface area contributed by atoms with Crippen molar-refractivity contribution >= 4 is 17.6 Å². The lowest BCUT2D eigenvalue weighted by molar-refractivity contribution is -0.0203. The van der Waals surface area contributed by atoms with Crippen LogP contribution in [0.25, 0.3) is 0 Å². The van der Waals surface area contributed by atoms with Crippen LogP contribution in [0.4, 0.5) is 17.6 Å². The van der Waals surface area contributed by atoms with Gasteiger partial charge in [-0.05, 0) is 49.8 Å². The lowest BCUT2D eigenvalue weighted by Crippen LogP contribution is -2.43. The lowest BCUT2D eigenvalue weighted by atomic mass is 9.94. The Morgan fingerprint density at radius 3 is 2.69 bits per heavy atom. The van der Waals surface area contributed by atoms with E-state index in [2.05, 4.69) is 44.6 Å². The van der Waals surface area contributed by atoms with E-state index in [-0.39, 0.29) is 6.10 Å². The van der Waals surface area contributed by atoms with Crippen LogP contribution in [-0.2, 0) is 4.74 Å². The number of hydrogen-bond acceptors (Lipinski definition) is 8. The molecule has 0 spiro atoms. The number of hydrogen-bond donors (Lipinski definition) is 2. The molecule has 2 atom stereocenters. The Hall–Kier alpha value is -2.48. The first-order chi connectivity index (χ1) is 14.2. The maximum atomic E-state index is 6.00. The zero-order chi connectivity index (χ0) is 20.1. The summed E-state index contributed by atoms with van der Waals surface area (Å²) in [6.45, 7) is 7.13. The van der Waals surface area contributed by atoms with Crippen LogP contribution in [0.1, 0.15) is 39.5 Å². The Morgan fingerprint density at radius 2 is 1.93 bits per heavy atom. The lowest BCUT2D eigenvalue weighted by Gasteiger charge is -2.35. The molecular formula is C21H31N7O. The second-order valence-corrected chi connectivity index (χ2v) is 8.23. The standard InChI is InChI=1S/C21H31N7O/c1-15(2)20-17(5-4-14-29-20)25-18-7-11-22-21(26-18)28-12-8-16(9-13-28)24-19-6-3-10-23-27-19/h3,6-7,10-11,15-17,20H,4-5,8-9,12-14H2,1-2H3,(H,24,27)(H,22,25,26)/t17-,20+/m1/s1. The maximum absolute atomic E-state index is 6.00. The number of nitrogens with one attached hydrogen (secondary N) is 2. The average molecular weight is 398 g/mol. The van der Waals surface area contributed by atoms with Crippen molar-refractivity contribution in [3.63, 3.8) is 0 Å². The summed E-state index contributed by atoms with van der Waals surface area (Å²) in [4.78, 5) is 11.6. The minimum Gasteiger partial charge on any atom is -0.376 e. The largest absolute Gasteiger partial charge is 0.376 e. The molecule has 2 aliphatic rings. The van der Waals surface area contributed by atoms with E-state index >= 15 is 0 Å². The molecule has 4 heterocycles. The molecule has 2 fully saturated rings. The second-order valence-electron chi connectivity index (χ2n) is 8.23. The van der Waals surface area contributed by atoms with E-state index in [1.54, 1.807) is 6.20 Å². The van der Waals surface area contributed by atoms with Gasteiger partial charge in [0.1, 0.15) is 11.6 Å². The van der Waals surface area contributed by atoms with Crippen LogP contribution in [0.2, 0.25) is 0 Å². The topological polar surface area (TPSA) is 88.1 Å². The molecule has 0 aliphatic carbocycles. The normalized spacial score (nSPS) is 23.2. The van der Waals surface area contributed by atoms with E-state index in [1.165, 1.54) is 0 Å². The van der Waals surface area contributed by atoms with E-state index in [1.807, 2.05) is 24.4 Å². The zero-order valence-corrected chi connectivity index (χ0v) is 17.3. The van der Waals surface area contributed by atoms with Crippen molar-refractivity contribution in [2.24, 2.45) is 5.92 Å². The van der Waals surface area contributed by atoms with Gasteiger partial charge in [0.05, 0.1) is 12.1 Å². The van der Waals surface area contributed by atoms with Crippen molar-refractivity contribution in [2.75, 3.05) is 35.2 Å². The predicted octanol–water partition coefficient (Wildman–Crippen LogP) is 2.96. The highest BCUT2D eigenvalue weighted by atomic mass is 16.5. The quantitative estimate of drug-likeness (QED) is 0.769. The van der Waals surface area contributed by atoms with Gasteiger partial charge in [0.15, 0.2) is 0 Å². The van der Waals surface area contributed by atoms with E-state index in [0.717, 1.165) is 63.0 Å². The van der Waals surface area contributed by atoms with Gasteiger partial charge in [-0.2, -0.15) is 10.1 Å². The average Bonchev–Trinajstić information content (AvgIpc) is 2.75. The molecule has 0 aromatic carbocycles. The van der Waals surface area contributed by atoms with Crippen molar-refractivity contribution in [1.29, 1.82) is 0 Å². The Labute approximate surface area is 172 Å². The third-order valence-electron chi connectivity index (χ3n) is 5.70. The summed E-state index contributed by atoms with van der Waals surface area (Å²) in [7, 11) is 0. The van der Waals surface area contributed by atoms with Crippen LogP contribution >= 0.6 is 0 Å². The zero-order valence-electron chi connectivity index (χ0n) is 17.3. The van der Waals surface area contributed by atoms with Crippen LogP contribution in [-0.4, -0.2) is 58.0 Å². The molecule has 0 radical (unpaired) electrons. The van der Waals surface area contributed by atoms with Crippen molar-refractivity contribution in [2.45, 2.75) is 57.7 Å². The molecule has 4 rings (SSSR count). The Bertz CT molecular complexity index is 765. The minimum absolute atomic E-state index is 0.227. The third kappa shape index (κ3) is 5.12. The fourth-order valence-electron chi connectivity index (χ4n) is 4.20. The predicted molar refractivity (Wildman–Crippen MR) is 114 cm³/mol. The molecule has 2 saturated heterocycles.